The van der Waals surface area contributed by atoms with Crippen LogP contribution in [0.25, 0.3) is 0 Å². The highest BCUT2D eigenvalue weighted by molar-refractivity contribution is 7.99. The monoisotopic (exact) mass is 406 g/mol. The van der Waals surface area contributed by atoms with Crippen LogP contribution in [0.2, 0.25) is 0 Å². The Bertz CT molecular complexity index is 579. The first-order chi connectivity index (χ1) is 12.7. The number of amides is 1. The normalized spacial score (nSPS) is 17.6. The minimum atomic E-state index is -5.08. The van der Waals surface area contributed by atoms with E-state index < -0.39 is 12.1 Å². The molecule has 1 aromatic carbocycles. The number of hydrogen-bond donors (Lipinski definition) is 3. The third-order valence-electron chi connectivity index (χ3n) is 4.06. The van der Waals surface area contributed by atoms with Gasteiger partial charge in [0.25, 0.3) is 0 Å². The summed E-state index contributed by atoms with van der Waals surface area (Å²) in [6.07, 6.45) is 0.966. The zero-order chi connectivity index (χ0) is 20.3. The first kappa shape index (κ1) is 23.3. The van der Waals surface area contributed by atoms with Crippen LogP contribution in [-0.4, -0.2) is 53.8 Å². The summed E-state index contributed by atoms with van der Waals surface area (Å²) in [7, 11) is 0. The van der Waals surface area contributed by atoms with Crippen molar-refractivity contribution in [3.05, 3.63) is 35.9 Å². The van der Waals surface area contributed by atoms with Gasteiger partial charge in [-0.25, -0.2) is 4.79 Å². The SMILES string of the molecule is CSC(CC(=O)NCCc1ccccc1)C1CCCN1.O=C(O)C(F)(F)F. The van der Waals surface area contributed by atoms with Gasteiger partial charge >= 0.3 is 12.1 Å². The molecule has 3 N–H and O–H groups in total. The van der Waals surface area contributed by atoms with Gasteiger partial charge in [0.05, 0.1) is 0 Å². The topological polar surface area (TPSA) is 78.4 Å². The number of aliphatic carboxylic acids is 1. The molecule has 0 radical (unpaired) electrons. The maximum Gasteiger partial charge on any atom is 0.490 e. The zero-order valence-corrected chi connectivity index (χ0v) is 15.9. The van der Waals surface area contributed by atoms with E-state index in [1.165, 1.54) is 18.4 Å². The van der Waals surface area contributed by atoms with Gasteiger partial charge in [-0.1, -0.05) is 30.3 Å². The highest BCUT2D eigenvalue weighted by Gasteiger charge is 2.38. The Hall–Kier alpha value is -1.74. The van der Waals surface area contributed by atoms with Crippen LogP contribution >= 0.6 is 11.8 Å². The molecule has 1 aliphatic rings. The number of nitrogens with one attached hydrogen (secondary N) is 2. The average Bonchev–Trinajstić information content (AvgIpc) is 3.15. The largest absolute Gasteiger partial charge is 0.490 e. The van der Waals surface area contributed by atoms with Crippen LogP contribution in [0.5, 0.6) is 0 Å². The second-order valence-corrected chi connectivity index (χ2v) is 7.15. The third kappa shape index (κ3) is 9.67. The van der Waals surface area contributed by atoms with Gasteiger partial charge in [0.1, 0.15) is 0 Å². The van der Waals surface area contributed by atoms with Gasteiger partial charge < -0.3 is 15.7 Å². The van der Waals surface area contributed by atoms with Crippen LogP contribution in [-0.2, 0) is 16.0 Å². The predicted octanol–water partition coefficient (Wildman–Crippen LogP) is 2.85. The van der Waals surface area contributed by atoms with E-state index >= 15 is 0 Å². The Balaban J connectivity index is 0.000000445. The van der Waals surface area contributed by atoms with E-state index in [0.717, 1.165) is 19.5 Å². The lowest BCUT2D eigenvalue weighted by Crippen LogP contribution is -2.37. The molecule has 0 bridgehead atoms. The third-order valence-corrected chi connectivity index (χ3v) is 5.16. The Kier molecular flexibility index (Phi) is 10.2. The molecule has 2 rings (SSSR count). The minimum Gasteiger partial charge on any atom is -0.475 e. The smallest absolute Gasteiger partial charge is 0.475 e. The molecule has 5 nitrogen and oxygen atoms in total. The molecule has 152 valence electrons. The number of alkyl halides is 3. The maximum absolute atomic E-state index is 12.0. The van der Waals surface area contributed by atoms with Crippen LogP contribution in [0, 0.1) is 0 Å². The van der Waals surface area contributed by atoms with E-state index in [2.05, 4.69) is 29.0 Å². The van der Waals surface area contributed by atoms with Crippen LogP contribution in [0.1, 0.15) is 24.8 Å². The zero-order valence-electron chi connectivity index (χ0n) is 15.1. The molecule has 0 aromatic heterocycles. The number of carboxylic acid groups (broad SMARTS) is 1. The number of thioether (sulfide) groups is 1. The molecular weight excluding hydrogens is 381 g/mol. The molecule has 0 spiro atoms. The molecule has 2 atom stereocenters. The predicted molar refractivity (Wildman–Crippen MR) is 99.8 cm³/mol. The lowest BCUT2D eigenvalue weighted by Gasteiger charge is -2.21. The highest BCUT2D eigenvalue weighted by Crippen LogP contribution is 2.21. The van der Waals surface area contributed by atoms with Crippen molar-refractivity contribution in [2.24, 2.45) is 0 Å². The maximum atomic E-state index is 12.0. The quantitative estimate of drug-likeness (QED) is 0.649. The molecular formula is C18H25F3N2O3S. The number of rotatable bonds is 7. The fourth-order valence-corrected chi connectivity index (χ4v) is 3.54. The van der Waals surface area contributed by atoms with Gasteiger partial charge in [-0.2, -0.15) is 24.9 Å². The summed E-state index contributed by atoms with van der Waals surface area (Å²) in [6.45, 7) is 1.82. The summed E-state index contributed by atoms with van der Waals surface area (Å²) in [4.78, 5) is 20.9. The summed E-state index contributed by atoms with van der Waals surface area (Å²) < 4.78 is 31.7. The molecule has 1 fully saturated rings. The van der Waals surface area contributed by atoms with Crippen molar-refractivity contribution < 1.29 is 27.9 Å². The molecule has 2 unspecified atom stereocenters. The average molecular weight is 406 g/mol. The molecule has 1 saturated heterocycles. The van der Waals surface area contributed by atoms with Crippen molar-refractivity contribution in [3.63, 3.8) is 0 Å². The summed E-state index contributed by atoms with van der Waals surface area (Å²) >= 11 is 1.80. The molecule has 1 aliphatic heterocycles. The summed E-state index contributed by atoms with van der Waals surface area (Å²) in [5, 5.41) is 14.1. The van der Waals surface area contributed by atoms with Crippen molar-refractivity contribution in [1.82, 2.24) is 10.6 Å². The number of hydrogen-bond acceptors (Lipinski definition) is 4. The van der Waals surface area contributed by atoms with Crippen LogP contribution in [0.4, 0.5) is 13.2 Å². The lowest BCUT2D eigenvalue weighted by atomic mass is 10.1. The first-order valence-corrected chi connectivity index (χ1v) is 9.89. The van der Waals surface area contributed by atoms with Crippen molar-refractivity contribution >= 4 is 23.6 Å². The number of carboxylic acids is 1. The van der Waals surface area contributed by atoms with Crippen molar-refractivity contribution in [2.45, 2.75) is 43.2 Å². The van der Waals surface area contributed by atoms with Crippen molar-refractivity contribution in [1.29, 1.82) is 0 Å². The standard InChI is InChI=1S/C16H24N2OS.C2HF3O2/c1-20-15(14-8-5-10-17-14)12-16(19)18-11-9-13-6-3-2-4-7-13;3-2(4,5)1(6)7/h2-4,6-7,14-15,17H,5,8-12H2,1H3,(H,18,19);(H,6,7). The number of carbonyl (C=O) groups is 2. The van der Waals surface area contributed by atoms with Gasteiger partial charge in [-0.15, -0.1) is 0 Å². The Morgan fingerprint density at radius 1 is 1.33 bits per heavy atom. The molecule has 0 saturated carbocycles. The Labute approximate surface area is 161 Å². The van der Waals surface area contributed by atoms with E-state index in [4.69, 9.17) is 9.90 Å². The van der Waals surface area contributed by atoms with Crippen LogP contribution in [0.3, 0.4) is 0 Å². The fraction of sp³-hybridized carbons (Fsp3) is 0.556. The first-order valence-electron chi connectivity index (χ1n) is 8.61. The van der Waals surface area contributed by atoms with E-state index in [0.29, 0.717) is 17.7 Å². The second kappa shape index (κ2) is 11.9. The molecule has 1 amide bonds. The van der Waals surface area contributed by atoms with E-state index in [1.807, 2.05) is 18.2 Å². The lowest BCUT2D eigenvalue weighted by molar-refractivity contribution is -0.192. The Morgan fingerprint density at radius 3 is 2.44 bits per heavy atom. The van der Waals surface area contributed by atoms with Gasteiger partial charge in [-0.3, -0.25) is 4.79 Å². The number of carbonyl (C=O) groups excluding carboxylic acids is 1. The van der Waals surface area contributed by atoms with E-state index in [1.54, 1.807) is 11.8 Å². The van der Waals surface area contributed by atoms with E-state index in [-0.39, 0.29) is 5.91 Å². The van der Waals surface area contributed by atoms with Crippen molar-refractivity contribution in [2.75, 3.05) is 19.3 Å². The summed E-state index contributed by atoms with van der Waals surface area (Å²) in [5.41, 5.74) is 1.27. The molecule has 9 heteroatoms. The van der Waals surface area contributed by atoms with Crippen molar-refractivity contribution in [3.8, 4) is 0 Å². The second-order valence-electron chi connectivity index (χ2n) is 6.07. The fourth-order valence-electron chi connectivity index (χ4n) is 2.66. The number of benzene rings is 1. The Morgan fingerprint density at radius 2 is 1.96 bits per heavy atom. The van der Waals surface area contributed by atoms with Crippen LogP contribution < -0.4 is 10.6 Å². The van der Waals surface area contributed by atoms with Crippen LogP contribution in [0.15, 0.2) is 30.3 Å². The molecule has 0 aliphatic carbocycles. The summed E-state index contributed by atoms with van der Waals surface area (Å²) in [6, 6.07) is 10.8. The molecule has 1 heterocycles. The van der Waals surface area contributed by atoms with Gasteiger partial charge in [0, 0.05) is 24.3 Å². The molecule has 1 aromatic rings. The molecule has 27 heavy (non-hydrogen) atoms. The van der Waals surface area contributed by atoms with Gasteiger partial charge in [0.15, 0.2) is 0 Å². The number of halogens is 3. The minimum absolute atomic E-state index is 0.175. The summed E-state index contributed by atoms with van der Waals surface area (Å²) in [5.74, 6) is -2.58. The highest BCUT2D eigenvalue weighted by atomic mass is 32.2. The van der Waals surface area contributed by atoms with E-state index in [9.17, 15) is 18.0 Å². The van der Waals surface area contributed by atoms with Gasteiger partial charge in [0.2, 0.25) is 5.91 Å². The van der Waals surface area contributed by atoms with Gasteiger partial charge in [-0.05, 0) is 37.6 Å².